The van der Waals surface area contributed by atoms with Gasteiger partial charge in [-0.2, -0.15) is 0 Å². The molecule has 5 nitrogen and oxygen atoms in total. The van der Waals surface area contributed by atoms with E-state index >= 15 is 0 Å². The van der Waals surface area contributed by atoms with Crippen molar-refractivity contribution in [2.45, 2.75) is 31.2 Å². The minimum atomic E-state index is -0.719. The lowest BCUT2D eigenvalue weighted by atomic mass is 9.73. The van der Waals surface area contributed by atoms with Gasteiger partial charge in [0.15, 0.2) is 0 Å². The molecule has 7 heteroatoms. The molecule has 2 aromatic heterocycles. The number of amides is 1. The van der Waals surface area contributed by atoms with Crippen molar-refractivity contribution >= 4 is 17.2 Å². The highest BCUT2D eigenvalue weighted by molar-refractivity contribution is 7.10. The molecule has 1 aromatic carbocycles. The molecule has 3 heterocycles. The first-order chi connectivity index (χ1) is 14.1. The highest BCUT2D eigenvalue weighted by atomic mass is 32.1. The van der Waals surface area contributed by atoms with E-state index in [0.717, 1.165) is 21.8 Å². The van der Waals surface area contributed by atoms with Crippen molar-refractivity contribution in [1.29, 1.82) is 0 Å². The van der Waals surface area contributed by atoms with Gasteiger partial charge in [0.05, 0.1) is 17.2 Å². The van der Waals surface area contributed by atoms with E-state index in [-0.39, 0.29) is 17.8 Å². The molecule has 4 rings (SSSR count). The van der Waals surface area contributed by atoms with Crippen molar-refractivity contribution < 1.29 is 13.9 Å². The van der Waals surface area contributed by atoms with Crippen LogP contribution in [0.1, 0.15) is 36.4 Å². The van der Waals surface area contributed by atoms with Crippen LogP contribution in [0.25, 0.3) is 11.3 Å². The Balaban J connectivity index is 1.55. The number of ether oxygens (including phenoxy) is 1. The molecule has 0 radical (unpaired) electrons. The lowest BCUT2D eigenvalue weighted by molar-refractivity contribution is -0.131. The molecule has 0 bridgehead atoms. The van der Waals surface area contributed by atoms with Gasteiger partial charge in [-0.05, 0) is 49.6 Å². The van der Waals surface area contributed by atoms with E-state index < -0.39 is 5.41 Å². The summed E-state index contributed by atoms with van der Waals surface area (Å²) in [5.74, 6) is -0.381. The van der Waals surface area contributed by atoms with Crippen LogP contribution in [-0.2, 0) is 14.9 Å². The predicted octanol–water partition coefficient (Wildman–Crippen LogP) is 4.27. The van der Waals surface area contributed by atoms with E-state index in [1.165, 1.54) is 23.5 Å². The van der Waals surface area contributed by atoms with Crippen molar-refractivity contribution in [3.05, 3.63) is 70.6 Å². The van der Waals surface area contributed by atoms with E-state index in [9.17, 15) is 9.18 Å². The van der Waals surface area contributed by atoms with Crippen LogP contribution in [-0.4, -0.2) is 29.1 Å². The number of nitrogens with one attached hydrogen (secondary N) is 1. The van der Waals surface area contributed by atoms with Gasteiger partial charge in [0.25, 0.3) is 0 Å². The van der Waals surface area contributed by atoms with Crippen LogP contribution in [0.15, 0.2) is 54.2 Å². The number of halogens is 1. The van der Waals surface area contributed by atoms with E-state index in [2.05, 4.69) is 15.3 Å². The maximum Gasteiger partial charge on any atom is 0.231 e. The third-order valence-corrected chi connectivity index (χ3v) is 6.40. The summed E-state index contributed by atoms with van der Waals surface area (Å²) in [4.78, 5) is 22.2. The summed E-state index contributed by atoms with van der Waals surface area (Å²) in [6.45, 7) is 2.94. The molecule has 1 aliphatic rings. The summed E-state index contributed by atoms with van der Waals surface area (Å²) in [5.41, 5.74) is 1.89. The summed E-state index contributed by atoms with van der Waals surface area (Å²) in [6, 6.07) is 9.81. The van der Waals surface area contributed by atoms with E-state index in [4.69, 9.17) is 4.74 Å². The van der Waals surface area contributed by atoms with Crippen LogP contribution in [0.3, 0.4) is 0 Å². The van der Waals surface area contributed by atoms with Crippen LogP contribution in [0, 0.1) is 5.82 Å². The molecule has 1 unspecified atom stereocenters. The van der Waals surface area contributed by atoms with Gasteiger partial charge < -0.3 is 10.1 Å². The van der Waals surface area contributed by atoms with Crippen LogP contribution < -0.4 is 5.32 Å². The van der Waals surface area contributed by atoms with Crippen molar-refractivity contribution in [3.8, 4) is 11.3 Å². The predicted molar refractivity (Wildman–Crippen MR) is 110 cm³/mol. The number of hydrogen-bond donors (Lipinski definition) is 1. The Labute approximate surface area is 173 Å². The molecule has 1 N–H and O–H groups in total. The third-order valence-electron chi connectivity index (χ3n) is 5.38. The monoisotopic (exact) mass is 411 g/mol. The third kappa shape index (κ3) is 4.06. The molecule has 0 spiro atoms. The minimum Gasteiger partial charge on any atom is -0.381 e. The highest BCUT2D eigenvalue weighted by Crippen LogP contribution is 2.36. The van der Waals surface area contributed by atoms with Crippen LogP contribution in [0.2, 0.25) is 0 Å². The van der Waals surface area contributed by atoms with Crippen LogP contribution in [0.5, 0.6) is 0 Å². The van der Waals surface area contributed by atoms with Crippen molar-refractivity contribution in [3.63, 3.8) is 0 Å². The van der Waals surface area contributed by atoms with Gasteiger partial charge in [0.1, 0.15) is 10.8 Å². The maximum atomic E-state index is 13.4. The van der Waals surface area contributed by atoms with Gasteiger partial charge in [0, 0.05) is 36.6 Å². The van der Waals surface area contributed by atoms with Gasteiger partial charge in [-0.3, -0.25) is 9.78 Å². The van der Waals surface area contributed by atoms with Crippen LogP contribution >= 0.6 is 11.3 Å². The fraction of sp³-hybridized carbons (Fsp3) is 0.318. The number of rotatable bonds is 5. The summed E-state index contributed by atoms with van der Waals surface area (Å²) < 4.78 is 18.9. The summed E-state index contributed by atoms with van der Waals surface area (Å²) in [5, 5.41) is 5.93. The molecule has 3 aromatic rings. The molecule has 29 heavy (non-hydrogen) atoms. The standard InChI is InChI=1S/C22H22FN3O2S/c1-15(20-26-19(14-29-20)16-3-2-10-24-13-16)25-21(27)22(8-11-28-12-9-22)17-4-6-18(23)7-5-17/h2-7,10,13-15H,8-9,11-12H2,1H3,(H,25,27). The lowest BCUT2D eigenvalue weighted by Crippen LogP contribution is -2.48. The Morgan fingerprint density at radius 3 is 2.69 bits per heavy atom. The molecule has 1 atom stereocenters. The Hall–Kier alpha value is -2.64. The Morgan fingerprint density at radius 2 is 2.00 bits per heavy atom. The van der Waals surface area contributed by atoms with Gasteiger partial charge in [-0.15, -0.1) is 11.3 Å². The minimum absolute atomic E-state index is 0.0713. The summed E-state index contributed by atoms with van der Waals surface area (Å²) in [6.07, 6.45) is 4.63. The van der Waals surface area contributed by atoms with Crippen molar-refractivity contribution in [1.82, 2.24) is 15.3 Å². The first-order valence-corrected chi connectivity index (χ1v) is 10.5. The Morgan fingerprint density at radius 1 is 1.24 bits per heavy atom. The summed E-state index contributed by atoms with van der Waals surface area (Å²) in [7, 11) is 0. The Kier molecular flexibility index (Phi) is 5.69. The number of pyridine rings is 1. The number of carbonyl (C=O) groups is 1. The number of thiazole rings is 1. The van der Waals surface area contributed by atoms with E-state index in [1.807, 2.05) is 24.4 Å². The van der Waals surface area contributed by atoms with Gasteiger partial charge >= 0.3 is 0 Å². The Bertz CT molecular complexity index is 969. The normalized spacial score (nSPS) is 16.9. The van der Waals surface area contributed by atoms with E-state index in [0.29, 0.717) is 26.1 Å². The second-order valence-corrected chi connectivity index (χ2v) is 8.10. The molecule has 1 saturated heterocycles. The molecular weight excluding hydrogens is 389 g/mol. The second-order valence-electron chi connectivity index (χ2n) is 7.21. The fourth-order valence-corrected chi connectivity index (χ4v) is 4.50. The quantitative estimate of drug-likeness (QED) is 0.681. The molecule has 1 aliphatic heterocycles. The molecule has 1 fully saturated rings. The first kappa shape index (κ1) is 19.7. The number of carbonyl (C=O) groups excluding carboxylic acids is 1. The maximum absolute atomic E-state index is 13.4. The van der Waals surface area contributed by atoms with Gasteiger partial charge in [0.2, 0.25) is 5.91 Å². The number of aromatic nitrogens is 2. The molecule has 0 aliphatic carbocycles. The molecular formula is C22H22FN3O2S. The zero-order valence-electron chi connectivity index (χ0n) is 16.1. The average molecular weight is 412 g/mol. The first-order valence-electron chi connectivity index (χ1n) is 9.59. The number of hydrogen-bond acceptors (Lipinski definition) is 5. The van der Waals surface area contributed by atoms with Gasteiger partial charge in [-0.1, -0.05) is 12.1 Å². The van der Waals surface area contributed by atoms with Crippen LogP contribution in [0.4, 0.5) is 4.39 Å². The molecule has 1 amide bonds. The van der Waals surface area contributed by atoms with Crippen molar-refractivity contribution in [2.75, 3.05) is 13.2 Å². The zero-order valence-corrected chi connectivity index (χ0v) is 16.9. The SMILES string of the molecule is CC(NC(=O)C1(c2ccc(F)cc2)CCOCC1)c1nc(-c2cccnc2)cs1. The largest absolute Gasteiger partial charge is 0.381 e. The zero-order chi connectivity index (χ0) is 20.3. The number of nitrogens with zero attached hydrogens (tertiary/aromatic N) is 2. The molecule has 0 saturated carbocycles. The second kappa shape index (κ2) is 8.39. The smallest absolute Gasteiger partial charge is 0.231 e. The molecule has 150 valence electrons. The lowest BCUT2D eigenvalue weighted by Gasteiger charge is -2.37. The van der Waals surface area contributed by atoms with Gasteiger partial charge in [-0.25, -0.2) is 9.37 Å². The highest BCUT2D eigenvalue weighted by Gasteiger charge is 2.42. The number of benzene rings is 1. The fourth-order valence-electron chi connectivity index (χ4n) is 3.67. The topological polar surface area (TPSA) is 64.1 Å². The average Bonchev–Trinajstić information content (AvgIpc) is 3.26. The van der Waals surface area contributed by atoms with Crippen molar-refractivity contribution in [2.24, 2.45) is 0 Å². The van der Waals surface area contributed by atoms with E-state index in [1.54, 1.807) is 24.5 Å². The summed E-state index contributed by atoms with van der Waals surface area (Å²) >= 11 is 1.51.